The van der Waals surface area contributed by atoms with Crippen molar-refractivity contribution in [1.82, 2.24) is 4.98 Å². The molecule has 0 spiro atoms. The van der Waals surface area contributed by atoms with E-state index < -0.39 is 4.92 Å². The molecule has 1 aliphatic heterocycles. The summed E-state index contributed by atoms with van der Waals surface area (Å²) in [4.78, 5) is 14.8. The summed E-state index contributed by atoms with van der Waals surface area (Å²) in [6, 6.07) is 8.36. The highest BCUT2D eigenvalue weighted by Gasteiger charge is 2.29. The van der Waals surface area contributed by atoms with Gasteiger partial charge in [0.15, 0.2) is 0 Å². The molecule has 21 heavy (non-hydrogen) atoms. The number of pyridine rings is 1. The Hall–Kier alpha value is -2.21. The van der Waals surface area contributed by atoms with Crippen molar-refractivity contribution in [2.75, 3.05) is 18.5 Å². The predicted octanol–water partition coefficient (Wildman–Crippen LogP) is 3.12. The molecule has 1 unspecified atom stereocenters. The summed E-state index contributed by atoms with van der Waals surface area (Å²) >= 11 is 0. The molecule has 0 saturated carbocycles. The highest BCUT2D eigenvalue weighted by atomic mass is 16.6. The second kappa shape index (κ2) is 5.29. The fourth-order valence-corrected chi connectivity index (χ4v) is 2.58. The average molecular weight is 287 g/mol. The maximum absolute atomic E-state index is 10.8. The molecule has 1 aliphatic rings. The van der Waals surface area contributed by atoms with Crippen LogP contribution in [-0.2, 0) is 4.74 Å². The Morgan fingerprint density at radius 2 is 2.29 bits per heavy atom. The van der Waals surface area contributed by atoms with Gasteiger partial charge in [-0.1, -0.05) is 0 Å². The first-order chi connectivity index (χ1) is 10.1. The molecule has 0 radical (unpaired) electrons. The quantitative estimate of drug-likeness (QED) is 0.690. The number of nitrogens with zero attached hydrogens (tertiary/aromatic N) is 2. The molecule has 6 heteroatoms. The van der Waals surface area contributed by atoms with Gasteiger partial charge in [0, 0.05) is 30.7 Å². The van der Waals surface area contributed by atoms with Crippen LogP contribution in [0.25, 0.3) is 10.9 Å². The summed E-state index contributed by atoms with van der Waals surface area (Å²) in [5.74, 6) is 0.757. The second-order valence-corrected chi connectivity index (χ2v) is 5.59. The Labute approximate surface area is 122 Å². The number of hydrogen-bond acceptors (Lipinski definition) is 5. The van der Waals surface area contributed by atoms with E-state index in [0.29, 0.717) is 6.54 Å². The summed E-state index contributed by atoms with van der Waals surface area (Å²) in [6.07, 6.45) is 2.13. The van der Waals surface area contributed by atoms with Gasteiger partial charge in [-0.3, -0.25) is 10.1 Å². The molecule has 1 atom stereocenters. The SMILES string of the molecule is CC1(CNc2ccc3cc([N+](=O)[O-])ccc3n2)CCCO1. The third kappa shape index (κ3) is 2.95. The van der Waals surface area contributed by atoms with E-state index in [-0.39, 0.29) is 11.3 Å². The van der Waals surface area contributed by atoms with Crippen LogP contribution in [0.4, 0.5) is 11.5 Å². The highest BCUT2D eigenvalue weighted by molar-refractivity contribution is 5.82. The Morgan fingerprint density at radius 1 is 1.43 bits per heavy atom. The van der Waals surface area contributed by atoms with Gasteiger partial charge >= 0.3 is 0 Å². The van der Waals surface area contributed by atoms with Gasteiger partial charge in [0.2, 0.25) is 0 Å². The number of nitro groups is 1. The van der Waals surface area contributed by atoms with E-state index in [4.69, 9.17) is 4.74 Å². The number of fused-ring (bicyclic) bond motifs is 1. The lowest BCUT2D eigenvalue weighted by Gasteiger charge is -2.23. The number of non-ortho nitro benzene ring substituents is 1. The fourth-order valence-electron chi connectivity index (χ4n) is 2.58. The molecule has 0 bridgehead atoms. The number of nitrogens with one attached hydrogen (secondary N) is 1. The molecule has 6 nitrogen and oxygen atoms in total. The van der Waals surface area contributed by atoms with Crippen molar-refractivity contribution in [3.05, 3.63) is 40.4 Å². The summed E-state index contributed by atoms with van der Waals surface area (Å²) in [6.45, 7) is 3.61. The van der Waals surface area contributed by atoms with Gasteiger partial charge in [0.25, 0.3) is 5.69 Å². The van der Waals surface area contributed by atoms with Crippen LogP contribution in [0.2, 0.25) is 0 Å². The predicted molar refractivity (Wildman–Crippen MR) is 80.5 cm³/mol. The Morgan fingerprint density at radius 3 is 3.00 bits per heavy atom. The minimum absolute atomic E-state index is 0.0804. The molecule has 1 fully saturated rings. The lowest BCUT2D eigenvalue weighted by atomic mass is 10.0. The van der Waals surface area contributed by atoms with Crippen LogP contribution in [0.3, 0.4) is 0 Å². The maximum atomic E-state index is 10.8. The number of aromatic nitrogens is 1. The van der Waals surface area contributed by atoms with E-state index in [0.717, 1.165) is 36.2 Å². The van der Waals surface area contributed by atoms with Crippen molar-refractivity contribution in [3.8, 4) is 0 Å². The van der Waals surface area contributed by atoms with Gasteiger partial charge in [-0.15, -0.1) is 0 Å². The fraction of sp³-hybridized carbons (Fsp3) is 0.400. The number of ether oxygens (including phenoxy) is 1. The van der Waals surface area contributed by atoms with E-state index in [2.05, 4.69) is 17.2 Å². The number of benzene rings is 1. The molecular formula is C15H17N3O3. The maximum Gasteiger partial charge on any atom is 0.270 e. The van der Waals surface area contributed by atoms with Crippen molar-refractivity contribution in [2.24, 2.45) is 0 Å². The molecule has 1 aromatic carbocycles. The third-order valence-corrected chi connectivity index (χ3v) is 3.83. The smallest absolute Gasteiger partial charge is 0.270 e. The van der Waals surface area contributed by atoms with Crippen molar-refractivity contribution in [3.63, 3.8) is 0 Å². The number of nitro benzene ring substituents is 1. The first kappa shape index (κ1) is 13.8. The monoisotopic (exact) mass is 287 g/mol. The molecule has 0 aliphatic carbocycles. The van der Waals surface area contributed by atoms with E-state index in [1.807, 2.05) is 12.1 Å². The Kier molecular flexibility index (Phi) is 3.47. The zero-order chi connectivity index (χ0) is 14.9. The summed E-state index contributed by atoms with van der Waals surface area (Å²) in [7, 11) is 0. The van der Waals surface area contributed by atoms with Crippen LogP contribution in [0, 0.1) is 10.1 Å². The van der Waals surface area contributed by atoms with Crippen LogP contribution in [0.1, 0.15) is 19.8 Å². The van der Waals surface area contributed by atoms with E-state index in [1.165, 1.54) is 12.1 Å². The normalized spacial score (nSPS) is 21.6. The largest absolute Gasteiger partial charge is 0.373 e. The molecule has 2 heterocycles. The third-order valence-electron chi connectivity index (χ3n) is 3.83. The molecule has 3 rings (SSSR count). The minimum Gasteiger partial charge on any atom is -0.373 e. The number of anilines is 1. The molecule has 1 aromatic heterocycles. The minimum atomic E-state index is -0.399. The van der Waals surface area contributed by atoms with Crippen molar-refractivity contribution >= 4 is 22.4 Å². The van der Waals surface area contributed by atoms with Gasteiger partial charge < -0.3 is 10.1 Å². The summed E-state index contributed by atoms with van der Waals surface area (Å²) < 4.78 is 5.73. The Balaban J connectivity index is 1.78. The topological polar surface area (TPSA) is 77.3 Å². The van der Waals surface area contributed by atoms with E-state index in [9.17, 15) is 10.1 Å². The zero-order valence-corrected chi connectivity index (χ0v) is 11.8. The standard InChI is InChI=1S/C15H17N3O3/c1-15(7-2-8-21-15)10-16-14-6-3-11-9-12(18(19)20)4-5-13(11)17-14/h3-6,9H,2,7-8,10H2,1H3,(H,16,17). The summed E-state index contributed by atoms with van der Waals surface area (Å²) in [5, 5.41) is 14.8. The van der Waals surface area contributed by atoms with Gasteiger partial charge in [-0.25, -0.2) is 4.98 Å². The van der Waals surface area contributed by atoms with Crippen molar-refractivity contribution < 1.29 is 9.66 Å². The molecule has 0 amide bonds. The van der Waals surface area contributed by atoms with E-state index in [1.54, 1.807) is 6.07 Å². The van der Waals surface area contributed by atoms with Gasteiger partial charge in [0.1, 0.15) is 5.82 Å². The molecule has 2 aromatic rings. The molecule has 1 N–H and O–H groups in total. The zero-order valence-electron chi connectivity index (χ0n) is 11.8. The van der Waals surface area contributed by atoms with Crippen LogP contribution in [-0.4, -0.2) is 28.7 Å². The van der Waals surface area contributed by atoms with Crippen LogP contribution in [0.15, 0.2) is 30.3 Å². The molecular weight excluding hydrogens is 270 g/mol. The van der Waals surface area contributed by atoms with Gasteiger partial charge in [-0.05, 0) is 38.0 Å². The number of rotatable bonds is 4. The Bertz CT molecular complexity index is 681. The van der Waals surface area contributed by atoms with Gasteiger partial charge in [0.05, 0.1) is 16.0 Å². The van der Waals surface area contributed by atoms with Crippen molar-refractivity contribution in [2.45, 2.75) is 25.4 Å². The first-order valence-corrected chi connectivity index (χ1v) is 6.99. The van der Waals surface area contributed by atoms with Crippen molar-refractivity contribution in [1.29, 1.82) is 0 Å². The first-order valence-electron chi connectivity index (χ1n) is 6.99. The van der Waals surface area contributed by atoms with Crippen LogP contribution in [0.5, 0.6) is 0 Å². The average Bonchev–Trinajstić information content (AvgIpc) is 2.91. The number of hydrogen-bond donors (Lipinski definition) is 1. The lowest BCUT2D eigenvalue weighted by molar-refractivity contribution is -0.384. The van der Waals surface area contributed by atoms with Gasteiger partial charge in [-0.2, -0.15) is 0 Å². The second-order valence-electron chi connectivity index (χ2n) is 5.59. The van der Waals surface area contributed by atoms with Crippen LogP contribution < -0.4 is 5.32 Å². The van der Waals surface area contributed by atoms with E-state index >= 15 is 0 Å². The highest BCUT2D eigenvalue weighted by Crippen LogP contribution is 2.26. The molecule has 110 valence electrons. The van der Waals surface area contributed by atoms with Crippen LogP contribution >= 0.6 is 0 Å². The lowest BCUT2D eigenvalue weighted by Crippen LogP contribution is -2.32. The molecule has 1 saturated heterocycles. The summed E-state index contributed by atoms with van der Waals surface area (Å²) in [5.41, 5.74) is 0.687.